The van der Waals surface area contributed by atoms with Gasteiger partial charge in [-0.15, -0.1) is 0 Å². The summed E-state index contributed by atoms with van der Waals surface area (Å²) in [5.74, 6) is 0. The van der Waals surface area contributed by atoms with Crippen molar-refractivity contribution in [3.05, 3.63) is 0 Å². The number of carbonyl (C=O) groups excluding carboxylic acids is 1. The summed E-state index contributed by atoms with van der Waals surface area (Å²) in [7, 11) is -2.74. The lowest BCUT2D eigenvalue weighted by Crippen LogP contribution is -2.54. The van der Waals surface area contributed by atoms with Gasteiger partial charge in [0.05, 0.1) is 11.5 Å². The number of rotatable bonds is 6. The average Bonchev–Trinajstić information content (AvgIpc) is 2.26. The number of hydrogen-bond donors (Lipinski definition) is 1. The Morgan fingerprint density at radius 2 is 2.39 bits per heavy atom. The molecule has 1 saturated heterocycles. The Morgan fingerprint density at radius 3 is 2.94 bits per heavy atom. The molecule has 7 heteroatoms. The highest BCUT2D eigenvalue weighted by Crippen LogP contribution is 2.24. The number of hydrogen-bond acceptors (Lipinski definition) is 6. The van der Waals surface area contributed by atoms with E-state index in [0.29, 0.717) is 25.0 Å². The lowest BCUT2D eigenvalue weighted by atomic mass is 10.3. The smallest absolute Gasteiger partial charge is 0.393 e. The quantitative estimate of drug-likeness (QED) is 0.746. The first-order valence-corrected chi connectivity index (χ1v) is 9.12. The number of aliphatic hydroxyl groups is 1. The van der Waals surface area contributed by atoms with Crippen LogP contribution in [0.1, 0.15) is 33.6 Å². The van der Waals surface area contributed by atoms with Crippen molar-refractivity contribution in [2.24, 2.45) is 0 Å². The first-order valence-electron chi connectivity index (χ1n) is 6.21. The van der Waals surface area contributed by atoms with Gasteiger partial charge in [0.1, 0.15) is 0 Å². The monoisotopic (exact) mass is 294 g/mol. The molecule has 3 unspecified atom stereocenters. The van der Waals surface area contributed by atoms with Crippen LogP contribution < -0.4 is 0 Å². The molecule has 0 aromatic carbocycles. The van der Waals surface area contributed by atoms with Crippen molar-refractivity contribution in [3.63, 3.8) is 0 Å². The molecule has 5 nitrogen and oxygen atoms in total. The van der Waals surface area contributed by atoms with Crippen molar-refractivity contribution in [1.29, 1.82) is 0 Å². The van der Waals surface area contributed by atoms with Crippen LogP contribution in [0, 0.1) is 0 Å². The summed E-state index contributed by atoms with van der Waals surface area (Å²) in [6, 6.07) is 0. The van der Waals surface area contributed by atoms with Gasteiger partial charge in [0.15, 0.2) is 5.12 Å². The van der Waals surface area contributed by atoms with E-state index >= 15 is 0 Å². The van der Waals surface area contributed by atoms with E-state index in [0.717, 1.165) is 6.42 Å². The second-order valence-electron chi connectivity index (χ2n) is 4.52. The van der Waals surface area contributed by atoms with Gasteiger partial charge >= 0.3 is 8.80 Å². The molecule has 1 fully saturated rings. The normalized spacial score (nSPS) is 30.1. The van der Waals surface area contributed by atoms with E-state index in [1.807, 2.05) is 6.92 Å². The minimum atomic E-state index is -2.74. The minimum Gasteiger partial charge on any atom is -0.393 e. The highest BCUT2D eigenvalue weighted by atomic mass is 32.2. The van der Waals surface area contributed by atoms with Crippen molar-refractivity contribution in [3.8, 4) is 0 Å². The second-order valence-corrected chi connectivity index (χ2v) is 8.71. The molecule has 1 rings (SSSR count). The van der Waals surface area contributed by atoms with E-state index in [1.165, 1.54) is 18.7 Å². The molecule has 0 aliphatic carbocycles. The number of carbonyl (C=O) groups is 1. The highest BCUT2D eigenvalue weighted by molar-refractivity contribution is 8.14. The third kappa shape index (κ3) is 5.81. The minimum absolute atomic E-state index is 0.0337. The van der Waals surface area contributed by atoms with E-state index in [2.05, 4.69) is 0 Å². The topological polar surface area (TPSA) is 65.0 Å². The molecule has 0 spiro atoms. The van der Waals surface area contributed by atoms with Gasteiger partial charge in [0.25, 0.3) is 0 Å². The third-order valence-electron chi connectivity index (χ3n) is 2.54. The molecule has 0 aromatic rings. The van der Waals surface area contributed by atoms with Crippen molar-refractivity contribution in [2.45, 2.75) is 45.8 Å². The lowest BCUT2D eigenvalue weighted by Gasteiger charge is -2.36. The van der Waals surface area contributed by atoms with E-state index < -0.39 is 14.9 Å². The fourth-order valence-corrected chi connectivity index (χ4v) is 5.81. The zero-order valence-electron chi connectivity index (χ0n) is 11.2. The molecule has 106 valence electrons. The molecular formula is C11H22O5SSi. The van der Waals surface area contributed by atoms with Crippen molar-refractivity contribution in [2.75, 3.05) is 18.6 Å². The van der Waals surface area contributed by atoms with E-state index in [4.69, 9.17) is 13.3 Å². The fourth-order valence-electron chi connectivity index (χ4n) is 1.55. The molecule has 1 heterocycles. The Balaban J connectivity index is 2.52. The van der Waals surface area contributed by atoms with Gasteiger partial charge in [0.2, 0.25) is 0 Å². The maximum atomic E-state index is 11.1. The van der Waals surface area contributed by atoms with Gasteiger partial charge in [-0.25, -0.2) is 0 Å². The Morgan fingerprint density at radius 1 is 1.67 bits per heavy atom. The van der Waals surface area contributed by atoms with E-state index in [9.17, 15) is 9.90 Å². The summed E-state index contributed by atoms with van der Waals surface area (Å²) in [4.78, 5) is 11.1. The maximum absolute atomic E-state index is 11.1. The summed E-state index contributed by atoms with van der Waals surface area (Å²) in [6.07, 6.45) is 1.09. The van der Waals surface area contributed by atoms with Crippen LogP contribution in [0.15, 0.2) is 0 Å². The third-order valence-corrected chi connectivity index (χ3v) is 6.98. The average molecular weight is 294 g/mol. The van der Waals surface area contributed by atoms with Crippen molar-refractivity contribution in [1.82, 2.24) is 0 Å². The van der Waals surface area contributed by atoms with Crippen LogP contribution in [-0.2, 0) is 18.1 Å². The van der Waals surface area contributed by atoms with Gasteiger partial charge < -0.3 is 18.4 Å². The zero-order chi connectivity index (χ0) is 13.6. The van der Waals surface area contributed by atoms with E-state index in [-0.39, 0.29) is 11.2 Å². The number of aliphatic hydroxyl groups excluding tert-OH is 1. The predicted molar refractivity (Wildman–Crippen MR) is 72.3 cm³/mol. The Kier molecular flexibility index (Phi) is 6.82. The fraction of sp³-hybridized carbons (Fsp3) is 0.909. The standard InChI is InChI=1S/C11H22O5SSi/c1-9(12)4-6-14-18(8-17-11(3)13)15-7-5-10(2)16-18/h9-10,12H,4-8H2,1-3H3. The van der Waals surface area contributed by atoms with Crippen LogP contribution in [-0.4, -0.2) is 49.8 Å². The Bertz CT molecular complexity index is 276. The van der Waals surface area contributed by atoms with E-state index in [1.54, 1.807) is 6.92 Å². The SMILES string of the molecule is CC(=O)SC[Si]1(OCCC(C)O)OCCC(C)O1. The van der Waals surface area contributed by atoms with Crippen molar-refractivity contribution >= 4 is 25.7 Å². The van der Waals surface area contributed by atoms with Crippen LogP contribution in [0.25, 0.3) is 0 Å². The molecule has 3 atom stereocenters. The summed E-state index contributed by atoms with van der Waals surface area (Å²) >= 11 is 1.18. The first-order chi connectivity index (χ1) is 8.43. The van der Waals surface area contributed by atoms with Gasteiger partial charge in [-0.2, -0.15) is 0 Å². The van der Waals surface area contributed by atoms with Gasteiger partial charge in [-0.1, -0.05) is 11.8 Å². The Hall–Kier alpha value is 0.0769. The van der Waals surface area contributed by atoms with Gasteiger partial charge in [-0.3, -0.25) is 4.79 Å². The molecule has 0 saturated carbocycles. The molecule has 1 aliphatic rings. The van der Waals surface area contributed by atoms with Crippen LogP contribution >= 0.6 is 11.8 Å². The molecule has 1 aliphatic heterocycles. The zero-order valence-corrected chi connectivity index (χ0v) is 13.0. The predicted octanol–water partition coefficient (Wildman–Crippen LogP) is 1.36. The second kappa shape index (κ2) is 7.61. The van der Waals surface area contributed by atoms with Gasteiger partial charge in [0, 0.05) is 26.2 Å². The van der Waals surface area contributed by atoms with Crippen molar-refractivity contribution < 1.29 is 23.2 Å². The lowest BCUT2D eigenvalue weighted by molar-refractivity contribution is -0.109. The largest absolute Gasteiger partial charge is 0.512 e. The van der Waals surface area contributed by atoms with Crippen LogP contribution in [0.5, 0.6) is 0 Å². The van der Waals surface area contributed by atoms with Crippen LogP contribution in [0.4, 0.5) is 0 Å². The molecule has 1 N–H and O–H groups in total. The first kappa shape index (κ1) is 16.1. The molecule has 0 bridgehead atoms. The maximum Gasteiger partial charge on any atom is 0.512 e. The van der Waals surface area contributed by atoms with Crippen LogP contribution in [0.3, 0.4) is 0 Å². The highest BCUT2D eigenvalue weighted by Gasteiger charge is 2.45. The van der Waals surface area contributed by atoms with Crippen LogP contribution in [0.2, 0.25) is 0 Å². The summed E-state index contributed by atoms with van der Waals surface area (Å²) < 4.78 is 17.3. The summed E-state index contributed by atoms with van der Waals surface area (Å²) in [5, 5.41) is 9.71. The molecule has 0 amide bonds. The number of thioether (sulfide) groups is 1. The molecule has 18 heavy (non-hydrogen) atoms. The molecular weight excluding hydrogens is 272 g/mol. The van der Waals surface area contributed by atoms with Gasteiger partial charge in [-0.05, 0) is 26.7 Å². The summed E-state index contributed by atoms with van der Waals surface area (Å²) in [5.41, 5.74) is 0. The summed E-state index contributed by atoms with van der Waals surface area (Å²) in [6.45, 7) is 6.23. The Labute approximate surface area is 114 Å². The molecule has 0 aromatic heterocycles. The molecule has 0 radical (unpaired) electrons.